The van der Waals surface area contributed by atoms with Crippen molar-refractivity contribution in [1.82, 2.24) is 10.2 Å². The molecular formula is C20H35N3O2. The predicted octanol–water partition coefficient (Wildman–Crippen LogP) is 2.96. The van der Waals surface area contributed by atoms with Crippen molar-refractivity contribution in [1.29, 1.82) is 0 Å². The Balaban J connectivity index is 0.000000524. The van der Waals surface area contributed by atoms with Crippen molar-refractivity contribution >= 4 is 11.8 Å². The third kappa shape index (κ3) is 15.4. The van der Waals surface area contributed by atoms with Gasteiger partial charge in [-0.15, -0.1) is 0 Å². The van der Waals surface area contributed by atoms with Crippen molar-refractivity contribution in [3.63, 3.8) is 0 Å². The highest BCUT2D eigenvalue weighted by molar-refractivity contribution is 5.76. The first-order chi connectivity index (χ1) is 12.1. The highest BCUT2D eigenvalue weighted by atomic mass is 16.2. The van der Waals surface area contributed by atoms with E-state index in [2.05, 4.69) is 5.32 Å². The number of hydrogen-bond donors (Lipinski definition) is 2. The van der Waals surface area contributed by atoms with Gasteiger partial charge in [0, 0.05) is 25.9 Å². The molecule has 0 saturated carbocycles. The molecule has 1 aromatic carbocycles. The summed E-state index contributed by atoms with van der Waals surface area (Å²) in [6.07, 6.45) is 7.21. The van der Waals surface area contributed by atoms with Gasteiger partial charge in [-0.3, -0.25) is 9.59 Å². The van der Waals surface area contributed by atoms with E-state index in [1.54, 1.807) is 0 Å². The number of unbranched alkanes of at least 4 members (excludes halogenated alkanes) is 1. The van der Waals surface area contributed by atoms with E-state index < -0.39 is 0 Å². The zero-order chi connectivity index (χ0) is 18.8. The number of rotatable bonds is 5. The van der Waals surface area contributed by atoms with E-state index in [4.69, 9.17) is 5.73 Å². The molecule has 1 aromatic rings. The number of nitrogens with one attached hydrogen (secondary N) is 1. The summed E-state index contributed by atoms with van der Waals surface area (Å²) in [7, 11) is 3.75. The molecule has 0 radical (unpaired) electrons. The quantitative estimate of drug-likeness (QED) is 0.803. The van der Waals surface area contributed by atoms with Crippen LogP contribution in [0.3, 0.4) is 0 Å². The van der Waals surface area contributed by atoms with Crippen LogP contribution in [0.15, 0.2) is 36.4 Å². The van der Waals surface area contributed by atoms with Crippen LogP contribution < -0.4 is 11.1 Å². The summed E-state index contributed by atoms with van der Waals surface area (Å²) in [5.74, 6) is -0.0337. The molecule has 0 atom stereocenters. The molecule has 1 aliphatic heterocycles. The number of carbonyl (C=O) groups excluding carboxylic acids is 2. The smallest absolute Gasteiger partial charge is 0.222 e. The van der Waals surface area contributed by atoms with Crippen LogP contribution in [0.1, 0.15) is 51.4 Å². The van der Waals surface area contributed by atoms with E-state index in [1.165, 1.54) is 12.8 Å². The molecule has 5 nitrogen and oxygen atoms in total. The van der Waals surface area contributed by atoms with Crippen molar-refractivity contribution in [3.8, 4) is 0 Å². The van der Waals surface area contributed by atoms with Gasteiger partial charge in [0.2, 0.25) is 11.8 Å². The number of nitrogens with zero attached hydrogens (tertiary/aromatic N) is 1. The molecule has 0 spiro atoms. The van der Waals surface area contributed by atoms with Crippen LogP contribution in [0.2, 0.25) is 0 Å². The largest absolute Gasteiger partial charge is 0.370 e. The summed E-state index contributed by atoms with van der Waals surface area (Å²) in [4.78, 5) is 24.3. The molecule has 25 heavy (non-hydrogen) atoms. The van der Waals surface area contributed by atoms with Crippen LogP contribution >= 0.6 is 0 Å². The van der Waals surface area contributed by atoms with E-state index in [0.717, 1.165) is 38.8 Å². The summed E-state index contributed by atoms with van der Waals surface area (Å²) >= 11 is 0. The monoisotopic (exact) mass is 349 g/mol. The molecule has 1 aliphatic rings. The van der Waals surface area contributed by atoms with Gasteiger partial charge in [-0.2, -0.15) is 0 Å². The van der Waals surface area contributed by atoms with E-state index >= 15 is 0 Å². The summed E-state index contributed by atoms with van der Waals surface area (Å²) < 4.78 is 0. The Morgan fingerprint density at radius 2 is 1.24 bits per heavy atom. The number of carbonyl (C=O) groups is 2. The van der Waals surface area contributed by atoms with Crippen LogP contribution in [0.25, 0.3) is 0 Å². The van der Waals surface area contributed by atoms with E-state index in [1.807, 2.05) is 55.4 Å². The average molecular weight is 350 g/mol. The maximum Gasteiger partial charge on any atom is 0.222 e. The van der Waals surface area contributed by atoms with Crippen LogP contribution in [-0.2, 0) is 9.59 Å². The Bertz CT molecular complexity index is 403. The lowest BCUT2D eigenvalue weighted by Gasteiger charge is -2.20. The van der Waals surface area contributed by atoms with E-state index in [0.29, 0.717) is 12.8 Å². The molecule has 1 heterocycles. The standard InChI is InChI=1S/C12H22N2O2.C6H6.C2H7N/c13-11(15)7-3-4-8-12(16)14-9-5-1-2-6-10-14;1-2-4-6-5-3-1;1-3-2/h1-10H2,(H2,13,15);1-6H;3H,1-2H3. The van der Waals surface area contributed by atoms with Crippen LogP contribution in [-0.4, -0.2) is 43.9 Å². The minimum absolute atomic E-state index is 0.242. The van der Waals surface area contributed by atoms with Gasteiger partial charge >= 0.3 is 0 Å². The van der Waals surface area contributed by atoms with Gasteiger partial charge in [0.1, 0.15) is 0 Å². The second-order valence-electron chi connectivity index (χ2n) is 6.12. The lowest BCUT2D eigenvalue weighted by atomic mass is 10.1. The van der Waals surface area contributed by atoms with Gasteiger partial charge < -0.3 is 16.0 Å². The van der Waals surface area contributed by atoms with Gasteiger partial charge in [-0.1, -0.05) is 49.2 Å². The minimum Gasteiger partial charge on any atom is -0.370 e. The Hall–Kier alpha value is -1.88. The first kappa shape index (κ1) is 23.1. The number of nitrogens with two attached hydrogens (primary N) is 1. The number of hydrogen-bond acceptors (Lipinski definition) is 3. The van der Waals surface area contributed by atoms with Crippen LogP contribution in [0.4, 0.5) is 0 Å². The molecule has 1 saturated heterocycles. The zero-order valence-corrected chi connectivity index (χ0v) is 15.9. The highest BCUT2D eigenvalue weighted by Gasteiger charge is 2.14. The van der Waals surface area contributed by atoms with Gasteiger partial charge in [0.15, 0.2) is 0 Å². The molecule has 0 unspecified atom stereocenters. The van der Waals surface area contributed by atoms with Crippen molar-refractivity contribution in [2.45, 2.75) is 51.4 Å². The van der Waals surface area contributed by atoms with Crippen LogP contribution in [0, 0.1) is 0 Å². The molecule has 5 heteroatoms. The first-order valence-electron chi connectivity index (χ1n) is 9.26. The molecular weight excluding hydrogens is 314 g/mol. The van der Waals surface area contributed by atoms with Gasteiger partial charge in [0.05, 0.1) is 0 Å². The van der Waals surface area contributed by atoms with Gasteiger partial charge in [-0.05, 0) is 39.8 Å². The SMILES string of the molecule is CNC.NC(=O)CCCCC(=O)N1CCCCCC1.c1ccccc1. The van der Waals surface area contributed by atoms with Crippen molar-refractivity contribution in [3.05, 3.63) is 36.4 Å². The average Bonchev–Trinajstić information content (AvgIpc) is 2.91. The fraction of sp³-hybridized carbons (Fsp3) is 0.600. The number of primary amides is 1. The molecule has 1 fully saturated rings. The van der Waals surface area contributed by atoms with Crippen molar-refractivity contribution in [2.75, 3.05) is 27.2 Å². The van der Waals surface area contributed by atoms with E-state index in [-0.39, 0.29) is 11.8 Å². The van der Waals surface area contributed by atoms with Crippen molar-refractivity contribution < 1.29 is 9.59 Å². The molecule has 0 aliphatic carbocycles. The molecule has 142 valence electrons. The predicted molar refractivity (Wildman–Crippen MR) is 104 cm³/mol. The Morgan fingerprint density at radius 1 is 0.840 bits per heavy atom. The van der Waals surface area contributed by atoms with Gasteiger partial charge in [0.25, 0.3) is 0 Å². The van der Waals surface area contributed by atoms with Crippen LogP contribution in [0.5, 0.6) is 0 Å². The number of benzene rings is 1. The summed E-state index contributed by atoms with van der Waals surface area (Å²) in [5.41, 5.74) is 5.04. The number of amides is 2. The molecule has 2 amide bonds. The lowest BCUT2D eigenvalue weighted by Crippen LogP contribution is -2.31. The molecule has 0 aromatic heterocycles. The number of likely N-dealkylation sites (tertiary alicyclic amines) is 1. The zero-order valence-electron chi connectivity index (χ0n) is 15.9. The molecule has 2 rings (SSSR count). The maximum absolute atomic E-state index is 11.8. The van der Waals surface area contributed by atoms with Gasteiger partial charge in [-0.25, -0.2) is 0 Å². The maximum atomic E-state index is 11.8. The normalized spacial score (nSPS) is 13.4. The Morgan fingerprint density at radius 3 is 1.64 bits per heavy atom. The Kier molecular flexibility index (Phi) is 15.7. The minimum atomic E-state index is -0.276. The molecule has 3 N–H and O–H groups in total. The summed E-state index contributed by atoms with van der Waals surface area (Å²) in [5, 5.41) is 2.75. The second-order valence-corrected chi connectivity index (χ2v) is 6.12. The van der Waals surface area contributed by atoms with E-state index in [9.17, 15) is 9.59 Å². The van der Waals surface area contributed by atoms with Crippen molar-refractivity contribution in [2.24, 2.45) is 5.73 Å². The second kappa shape index (κ2) is 17.0. The Labute approximate surface area is 153 Å². The third-order valence-corrected chi connectivity index (χ3v) is 3.69. The topological polar surface area (TPSA) is 75.4 Å². The molecule has 0 bridgehead atoms. The fourth-order valence-electron chi connectivity index (χ4n) is 2.44. The third-order valence-electron chi connectivity index (χ3n) is 3.69. The fourth-order valence-corrected chi connectivity index (χ4v) is 2.44. The lowest BCUT2D eigenvalue weighted by molar-refractivity contribution is -0.131. The summed E-state index contributed by atoms with van der Waals surface area (Å²) in [6.45, 7) is 1.82. The summed E-state index contributed by atoms with van der Waals surface area (Å²) in [6, 6.07) is 12.0. The highest BCUT2D eigenvalue weighted by Crippen LogP contribution is 2.12. The first-order valence-corrected chi connectivity index (χ1v) is 9.26.